The Bertz CT molecular complexity index is 4420. The summed E-state index contributed by atoms with van der Waals surface area (Å²) in [6.07, 6.45) is 20.4. The van der Waals surface area contributed by atoms with Crippen molar-refractivity contribution in [2.24, 2.45) is 64.5 Å². The number of anilines is 4. The molecule has 20 nitrogen and oxygen atoms in total. The number of fused-ring (bicyclic) bond motifs is 18. The van der Waals surface area contributed by atoms with Crippen LogP contribution in [0.25, 0.3) is 22.3 Å². The summed E-state index contributed by atoms with van der Waals surface area (Å²) >= 11 is 0. The topological polar surface area (TPSA) is 346 Å². The molecule has 4 aromatic rings. The monoisotopic (exact) mass is 1410 g/mol. The van der Waals surface area contributed by atoms with Crippen molar-refractivity contribution in [2.45, 2.75) is 150 Å². The highest BCUT2D eigenvalue weighted by Gasteiger charge is 2.52. The molecule has 7 aliphatic rings. The van der Waals surface area contributed by atoms with Gasteiger partial charge in [0.15, 0.2) is 0 Å². The number of carbonyl (C=O) groups excluding carboxylic acids is 6. The fourth-order valence-corrected chi connectivity index (χ4v) is 12.9. The lowest BCUT2D eigenvalue weighted by Gasteiger charge is -2.26. The van der Waals surface area contributed by atoms with Crippen molar-refractivity contribution in [2.75, 3.05) is 34.5 Å². The van der Waals surface area contributed by atoms with E-state index in [-0.39, 0.29) is 135 Å². The number of nitrogens with two attached hydrogens (primary N) is 3. The second-order valence-electron chi connectivity index (χ2n) is 32.2. The Balaban J connectivity index is 1.25. The molecule has 20 heteroatoms. The predicted molar refractivity (Wildman–Crippen MR) is 407 cm³/mol. The summed E-state index contributed by atoms with van der Waals surface area (Å²) in [6.45, 7) is 25.5. The lowest BCUT2D eigenvalue weighted by atomic mass is 9.78. The van der Waals surface area contributed by atoms with E-state index < -0.39 is 94.8 Å². The van der Waals surface area contributed by atoms with E-state index in [0.717, 1.165) is 39.0 Å². The summed E-state index contributed by atoms with van der Waals surface area (Å²) in [4.78, 5) is 109. The van der Waals surface area contributed by atoms with Crippen LogP contribution in [-0.4, -0.2) is 76.6 Å². The van der Waals surface area contributed by atoms with Crippen molar-refractivity contribution in [3.63, 3.8) is 0 Å². The summed E-state index contributed by atoms with van der Waals surface area (Å²) in [5.74, 6) is -12.4. The van der Waals surface area contributed by atoms with E-state index in [4.69, 9.17) is 26.7 Å². The van der Waals surface area contributed by atoms with Crippen LogP contribution >= 0.6 is 0 Å². The minimum atomic E-state index is -1.12. The lowest BCUT2D eigenvalue weighted by Crippen LogP contribution is -2.22. The van der Waals surface area contributed by atoms with Crippen molar-refractivity contribution in [3.05, 3.63) is 201 Å². The zero-order valence-electron chi connectivity index (χ0n) is 61.5. The summed E-state index contributed by atoms with van der Waals surface area (Å²) < 4.78 is 11.3. The highest BCUT2D eigenvalue weighted by molar-refractivity contribution is 6.31. The number of esters is 2. The Morgan fingerprint density at radius 3 is 1.37 bits per heavy atom. The normalized spacial score (nSPS) is 27.3. The van der Waals surface area contributed by atoms with Crippen LogP contribution in [0.3, 0.4) is 0 Å². The van der Waals surface area contributed by atoms with E-state index in [1.165, 1.54) is 6.08 Å². The SMILES string of the molecule is CC(C)(C)c1cc(C2=C\C=C/C(=N)/C3=C(N)/C=C\C=C(/c4cc(C(C)(C)C)cc(C(C)(C)C)c4)C/C=C\C(N)=C(\C(N)=C\C=C\2)c2c(NC(=O)C4CC4C(=O)O)cccc2NC(=O)C2C[C@H]2C(=O)OCCCCOC(=O)C2CC2C(=O)Nc2cccc(NC(=O)[C@@H]4CC4C(=O)O)c23)cc(C(C)(C)C)c1. The van der Waals surface area contributed by atoms with Gasteiger partial charge >= 0.3 is 23.9 Å². The molecular formula is C84H98N8O12. The molecule has 0 aromatic heterocycles. The number of aliphatic carboxylic acids is 2. The average molecular weight is 1410 g/mol. The first-order valence-electron chi connectivity index (χ1n) is 35.7. The standard InChI is InChI=1S/C84H98N8O12/c1-81(2,3)49-35-47(36-50(39-49)82(4,5)6)45-21-15-25-61(85)69-63(87)27-17-23-46(48-37-51(83(7,8)9)40-52(38-48)84(10,11)12)24-18-28-64(88)70(62(86)26-16-22-45)72-66(90-74(94)54-42-58(54)78(99)100)30-20-32-68(72)92-76(96)56-44-60(56)80(102)104-34-14-13-33-103-79(101)59-43-55(59)75(95)91-67-31-19-29-65(71(67)69)89-73(93)53-41-57(53)77(97)98/h15-23,25-32,35-40,53-60,85H,13-14,24,33-34,41-44,86-88H2,1-12H3,(H,89,93)(H,90,94)(H,91,95)(H,92,96)(H,97,98)(H,99,100)/b22-16+,25-15-,27-17-,28-18-,45-21-,46-23-,62-26-,69-63+,70-64+,85-61?/t53-,54?,55?,56?,57?,58?,59?,60-/m1/s1. The summed E-state index contributed by atoms with van der Waals surface area (Å²) in [5, 5.41) is 42.1. The first-order chi connectivity index (χ1) is 48.9. The Kier molecular flexibility index (Phi) is 22.2. The van der Waals surface area contributed by atoms with Crippen LogP contribution in [0.4, 0.5) is 22.7 Å². The molecule has 4 saturated carbocycles. The van der Waals surface area contributed by atoms with Gasteiger partial charge in [-0.05, 0) is 160 Å². The number of ether oxygens (including phenoxy) is 2. The van der Waals surface area contributed by atoms with E-state index in [1.807, 2.05) is 24.3 Å². The quantitative estimate of drug-likeness (QED) is 0.0733. The first-order valence-corrected chi connectivity index (χ1v) is 35.7. The highest BCUT2D eigenvalue weighted by atomic mass is 16.5. The average Bonchev–Trinajstić information content (AvgIpc) is 1.34. The number of carbonyl (C=O) groups is 8. The molecule has 4 fully saturated rings. The van der Waals surface area contributed by atoms with Crippen LogP contribution < -0.4 is 38.5 Å². The molecular weight excluding hydrogens is 1310 g/mol. The molecule has 2 aliphatic heterocycles. The highest BCUT2D eigenvalue weighted by Crippen LogP contribution is 2.47. The van der Waals surface area contributed by atoms with Crippen molar-refractivity contribution in [1.29, 1.82) is 5.41 Å². The molecule has 546 valence electrons. The summed E-state index contributed by atoms with van der Waals surface area (Å²) in [7, 11) is 0. The summed E-state index contributed by atoms with van der Waals surface area (Å²) in [5.41, 5.74) is 29.3. The Hall–Kier alpha value is -10.6. The number of nitrogens with one attached hydrogen (secondary N) is 5. The third-order valence-electron chi connectivity index (χ3n) is 19.9. The van der Waals surface area contributed by atoms with Gasteiger partial charge in [0.05, 0.1) is 89.0 Å². The van der Waals surface area contributed by atoms with Crippen LogP contribution in [0, 0.1) is 52.8 Å². The number of carboxylic acids is 2. The molecule has 4 amide bonds. The Morgan fingerprint density at radius 1 is 0.500 bits per heavy atom. The maximum atomic E-state index is 14.6. The fraction of sp³-hybridized carbons (Fsp3) is 0.393. The van der Waals surface area contributed by atoms with Gasteiger partial charge in [0.2, 0.25) is 23.6 Å². The van der Waals surface area contributed by atoms with E-state index in [0.29, 0.717) is 18.4 Å². The van der Waals surface area contributed by atoms with Crippen LogP contribution in [0.15, 0.2) is 157 Å². The van der Waals surface area contributed by atoms with Gasteiger partial charge in [0.25, 0.3) is 0 Å². The second-order valence-corrected chi connectivity index (χ2v) is 32.2. The Labute approximate surface area is 608 Å². The molecule has 2 heterocycles. The maximum Gasteiger partial charge on any atom is 0.309 e. The molecule has 4 aromatic carbocycles. The molecule has 13 N–H and O–H groups in total. The van der Waals surface area contributed by atoms with Gasteiger partial charge in [-0.15, -0.1) is 0 Å². The third kappa shape index (κ3) is 18.2. The van der Waals surface area contributed by atoms with Crippen molar-refractivity contribution in [1.82, 2.24) is 0 Å². The van der Waals surface area contributed by atoms with Crippen LogP contribution in [0.5, 0.6) is 0 Å². The number of hydrogen-bond donors (Lipinski definition) is 10. The van der Waals surface area contributed by atoms with Crippen molar-refractivity contribution in [3.8, 4) is 0 Å². The van der Waals surface area contributed by atoms with E-state index in [9.17, 15) is 54.0 Å². The van der Waals surface area contributed by atoms with E-state index in [2.05, 4.69) is 141 Å². The molecule has 0 spiro atoms. The molecule has 8 atom stereocenters. The van der Waals surface area contributed by atoms with Gasteiger partial charge in [0.1, 0.15) is 0 Å². The molecule has 5 aliphatic carbocycles. The first kappa shape index (κ1) is 76.0. The van der Waals surface area contributed by atoms with Gasteiger partial charge in [-0.2, -0.15) is 0 Å². The minimum absolute atomic E-state index is 0.0179. The van der Waals surface area contributed by atoms with E-state index in [1.54, 1.807) is 72.9 Å². The van der Waals surface area contributed by atoms with Gasteiger partial charge in [-0.3, -0.25) is 38.4 Å². The van der Waals surface area contributed by atoms with Crippen molar-refractivity contribution >= 4 is 98.3 Å². The van der Waals surface area contributed by atoms with Gasteiger partial charge < -0.3 is 63.6 Å². The van der Waals surface area contributed by atoms with Gasteiger partial charge in [-0.1, -0.05) is 174 Å². The molecule has 104 heavy (non-hydrogen) atoms. The largest absolute Gasteiger partial charge is 0.481 e. The number of benzene rings is 4. The van der Waals surface area contributed by atoms with Gasteiger partial charge in [0, 0.05) is 39.4 Å². The van der Waals surface area contributed by atoms with E-state index >= 15 is 0 Å². The number of amides is 4. The number of carboxylic acid groups (broad SMARTS) is 2. The number of rotatable bonds is 8. The maximum absolute atomic E-state index is 14.6. The van der Waals surface area contributed by atoms with Crippen LogP contribution in [0.2, 0.25) is 0 Å². The van der Waals surface area contributed by atoms with Crippen molar-refractivity contribution < 1.29 is 58.0 Å². The molecule has 6 unspecified atom stereocenters. The second kappa shape index (κ2) is 30.4. The van der Waals surface area contributed by atoms with Crippen LogP contribution in [0.1, 0.15) is 173 Å². The van der Waals surface area contributed by atoms with Crippen LogP contribution in [-0.2, 0) is 69.5 Å². The number of hydrogen-bond acceptors (Lipinski definition) is 14. The molecule has 11 rings (SSSR count). The molecule has 0 saturated heterocycles. The fourth-order valence-electron chi connectivity index (χ4n) is 12.9. The lowest BCUT2D eigenvalue weighted by molar-refractivity contribution is -0.148. The number of allylic oxidation sites excluding steroid dienone is 15. The molecule has 2 bridgehead atoms. The third-order valence-corrected chi connectivity index (χ3v) is 19.9. The predicted octanol–water partition coefficient (Wildman–Crippen LogP) is 13.9. The summed E-state index contributed by atoms with van der Waals surface area (Å²) in [6, 6.07) is 22.5. The zero-order chi connectivity index (χ0) is 75.7. The Morgan fingerprint density at radius 2 is 0.923 bits per heavy atom. The minimum Gasteiger partial charge on any atom is -0.481 e. The molecule has 0 radical (unpaired) electrons. The smallest absolute Gasteiger partial charge is 0.309 e. The van der Waals surface area contributed by atoms with Gasteiger partial charge in [-0.25, -0.2) is 0 Å². The zero-order valence-corrected chi connectivity index (χ0v) is 61.5.